The normalized spacial score (nSPS) is 22.4. The number of hydrogen-bond donors (Lipinski definition) is 0. The molecule has 1 unspecified atom stereocenters. The number of piperidine rings is 1. The van der Waals surface area contributed by atoms with Crippen molar-refractivity contribution in [2.45, 2.75) is 39.2 Å². The number of nitrogens with zero attached hydrogens (tertiary/aromatic N) is 3. The largest absolute Gasteiger partial charge is 0.381 e. The highest BCUT2D eigenvalue weighted by Gasteiger charge is 2.24. The molecule has 0 amide bonds. The minimum atomic E-state index is -0.359. The zero-order chi connectivity index (χ0) is 18.8. The predicted molar refractivity (Wildman–Crippen MR) is 103 cm³/mol. The van der Waals surface area contributed by atoms with Crippen LogP contribution in [-0.4, -0.2) is 47.3 Å². The summed E-state index contributed by atoms with van der Waals surface area (Å²) in [5.74, 6) is 1.47. The lowest BCUT2D eigenvalue weighted by Gasteiger charge is -2.35. The summed E-state index contributed by atoms with van der Waals surface area (Å²) in [7, 11) is 0. The maximum Gasteiger partial charge on any atom is 0.261 e. The van der Waals surface area contributed by atoms with Crippen LogP contribution < -0.4 is 5.56 Å². The Morgan fingerprint density at radius 2 is 2.00 bits per heavy atom. The van der Waals surface area contributed by atoms with E-state index in [1.54, 1.807) is 10.6 Å². The third-order valence-corrected chi connectivity index (χ3v) is 6.03. The van der Waals surface area contributed by atoms with Crippen molar-refractivity contribution < 1.29 is 9.13 Å². The van der Waals surface area contributed by atoms with E-state index in [0.29, 0.717) is 35.1 Å². The number of hydrogen-bond acceptors (Lipinski definition) is 4. The lowest BCUT2D eigenvalue weighted by Crippen LogP contribution is -2.40. The zero-order valence-corrected chi connectivity index (χ0v) is 16.0. The van der Waals surface area contributed by atoms with E-state index < -0.39 is 0 Å². The van der Waals surface area contributed by atoms with Gasteiger partial charge in [0.05, 0.1) is 17.5 Å². The van der Waals surface area contributed by atoms with Crippen LogP contribution in [0, 0.1) is 24.6 Å². The number of aromatic nitrogens is 2. The van der Waals surface area contributed by atoms with E-state index in [9.17, 15) is 9.18 Å². The number of benzene rings is 1. The smallest absolute Gasteiger partial charge is 0.261 e. The number of fused-ring (bicyclic) bond motifs is 1. The third kappa shape index (κ3) is 4.22. The number of ether oxygens (including phenoxy) is 1. The topological polar surface area (TPSA) is 47.4 Å². The van der Waals surface area contributed by atoms with Crippen molar-refractivity contribution in [2.75, 3.05) is 32.8 Å². The maximum atomic E-state index is 13.4. The zero-order valence-electron chi connectivity index (χ0n) is 16.0. The molecule has 0 spiro atoms. The van der Waals surface area contributed by atoms with Gasteiger partial charge in [-0.1, -0.05) is 0 Å². The maximum absolute atomic E-state index is 13.4. The Hall–Kier alpha value is -1.79. The van der Waals surface area contributed by atoms with Crippen LogP contribution in [-0.2, 0) is 11.3 Å². The Labute approximate surface area is 159 Å². The van der Waals surface area contributed by atoms with Crippen molar-refractivity contribution in [1.29, 1.82) is 0 Å². The van der Waals surface area contributed by atoms with Crippen molar-refractivity contribution in [3.8, 4) is 0 Å². The standard InChI is InChI=1S/C21H28FN3O2/c1-15-23-20-11-18(22)4-5-19(20)21(26)25(15)13-16-6-8-24(9-7-16)12-17-3-2-10-27-14-17/h4-5,11,16-17H,2-3,6-10,12-14H2,1H3. The highest BCUT2D eigenvalue weighted by atomic mass is 19.1. The Morgan fingerprint density at radius 1 is 1.19 bits per heavy atom. The molecule has 2 saturated heterocycles. The second-order valence-corrected chi connectivity index (χ2v) is 8.06. The molecule has 2 aromatic rings. The fraction of sp³-hybridized carbons (Fsp3) is 0.619. The SMILES string of the molecule is Cc1nc2cc(F)ccc2c(=O)n1CC1CCN(CC2CCCOC2)CC1. The third-order valence-electron chi connectivity index (χ3n) is 6.03. The fourth-order valence-corrected chi connectivity index (χ4v) is 4.45. The van der Waals surface area contributed by atoms with E-state index in [1.165, 1.54) is 25.0 Å². The van der Waals surface area contributed by atoms with Gasteiger partial charge in [0.2, 0.25) is 0 Å². The first kappa shape index (κ1) is 18.6. The molecule has 2 fully saturated rings. The van der Waals surface area contributed by atoms with E-state index in [2.05, 4.69) is 9.88 Å². The molecular weight excluding hydrogens is 345 g/mol. The Bertz CT molecular complexity index is 852. The first-order chi connectivity index (χ1) is 13.1. The lowest BCUT2D eigenvalue weighted by molar-refractivity contribution is 0.0320. The fourth-order valence-electron chi connectivity index (χ4n) is 4.45. The molecule has 0 aliphatic carbocycles. The van der Waals surface area contributed by atoms with Crippen LogP contribution in [0.3, 0.4) is 0 Å². The van der Waals surface area contributed by atoms with Crippen molar-refractivity contribution >= 4 is 10.9 Å². The molecule has 0 bridgehead atoms. The molecule has 6 heteroatoms. The average Bonchev–Trinajstić information content (AvgIpc) is 2.67. The van der Waals surface area contributed by atoms with E-state index in [-0.39, 0.29) is 11.4 Å². The van der Waals surface area contributed by atoms with Gasteiger partial charge in [-0.15, -0.1) is 0 Å². The van der Waals surface area contributed by atoms with Crippen molar-refractivity contribution in [3.05, 3.63) is 40.2 Å². The van der Waals surface area contributed by atoms with Gasteiger partial charge in [-0.2, -0.15) is 0 Å². The van der Waals surface area contributed by atoms with Crippen LogP contribution in [0.25, 0.3) is 10.9 Å². The first-order valence-electron chi connectivity index (χ1n) is 10.1. The summed E-state index contributed by atoms with van der Waals surface area (Å²) in [6, 6.07) is 4.21. The van der Waals surface area contributed by atoms with E-state index in [0.717, 1.165) is 45.7 Å². The minimum absolute atomic E-state index is 0.0562. The molecule has 27 heavy (non-hydrogen) atoms. The molecule has 5 nitrogen and oxygen atoms in total. The minimum Gasteiger partial charge on any atom is -0.381 e. The molecule has 1 aromatic carbocycles. The molecule has 3 heterocycles. The van der Waals surface area contributed by atoms with Gasteiger partial charge in [0.15, 0.2) is 0 Å². The van der Waals surface area contributed by atoms with Gasteiger partial charge in [-0.25, -0.2) is 9.37 Å². The quantitative estimate of drug-likeness (QED) is 0.827. The number of rotatable bonds is 4. The molecule has 0 N–H and O–H groups in total. The monoisotopic (exact) mass is 373 g/mol. The highest BCUT2D eigenvalue weighted by molar-refractivity contribution is 5.77. The van der Waals surface area contributed by atoms with Gasteiger partial charge in [-0.05, 0) is 69.7 Å². The van der Waals surface area contributed by atoms with Crippen LogP contribution in [0.1, 0.15) is 31.5 Å². The molecule has 2 aliphatic heterocycles. The molecule has 1 atom stereocenters. The van der Waals surface area contributed by atoms with E-state index in [1.807, 2.05) is 6.92 Å². The number of aryl methyl sites for hydroxylation is 1. The first-order valence-corrected chi connectivity index (χ1v) is 10.1. The summed E-state index contributed by atoms with van der Waals surface area (Å²) in [5.41, 5.74) is 0.387. The number of likely N-dealkylation sites (tertiary alicyclic amines) is 1. The van der Waals surface area contributed by atoms with Crippen LogP contribution in [0.15, 0.2) is 23.0 Å². The molecule has 0 radical (unpaired) electrons. The summed E-state index contributed by atoms with van der Waals surface area (Å²) >= 11 is 0. The Morgan fingerprint density at radius 3 is 2.74 bits per heavy atom. The molecule has 2 aliphatic rings. The van der Waals surface area contributed by atoms with E-state index >= 15 is 0 Å². The average molecular weight is 373 g/mol. The van der Waals surface area contributed by atoms with Gasteiger partial charge in [0.25, 0.3) is 5.56 Å². The molecular formula is C21H28FN3O2. The van der Waals surface area contributed by atoms with Crippen LogP contribution in [0.4, 0.5) is 4.39 Å². The Balaban J connectivity index is 1.40. The van der Waals surface area contributed by atoms with Crippen LogP contribution in [0.5, 0.6) is 0 Å². The lowest BCUT2D eigenvalue weighted by atomic mass is 9.94. The summed E-state index contributed by atoms with van der Waals surface area (Å²) < 4.78 is 20.8. The second kappa shape index (κ2) is 8.07. The molecule has 146 valence electrons. The van der Waals surface area contributed by atoms with Gasteiger partial charge >= 0.3 is 0 Å². The molecule has 4 rings (SSSR count). The molecule has 1 aromatic heterocycles. The Kier molecular flexibility index (Phi) is 5.55. The highest BCUT2D eigenvalue weighted by Crippen LogP contribution is 2.22. The number of halogens is 1. The van der Waals surface area contributed by atoms with Crippen LogP contribution >= 0.6 is 0 Å². The van der Waals surface area contributed by atoms with Gasteiger partial charge in [-0.3, -0.25) is 9.36 Å². The summed E-state index contributed by atoms with van der Waals surface area (Å²) in [6.07, 6.45) is 4.65. The van der Waals surface area contributed by atoms with Crippen molar-refractivity contribution in [3.63, 3.8) is 0 Å². The van der Waals surface area contributed by atoms with Gasteiger partial charge in [0.1, 0.15) is 11.6 Å². The van der Waals surface area contributed by atoms with Crippen molar-refractivity contribution in [2.24, 2.45) is 11.8 Å². The van der Waals surface area contributed by atoms with Crippen LogP contribution in [0.2, 0.25) is 0 Å². The second-order valence-electron chi connectivity index (χ2n) is 8.06. The predicted octanol–water partition coefficient (Wildman–Crippen LogP) is 2.98. The summed E-state index contributed by atoms with van der Waals surface area (Å²) in [5, 5.41) is 0.497. The molecule has 0 saturated carbocycles. The van der Waals surface area contributed by atoms with Crippen molar-refractivity contribution in [1.82, 2.24) is 14.5 Å². The van der Waals surface area contributed by atoms with Gasteiger partial charge < -0.3 is 9.64 Å². The van der Waals surface area contributed by atoms with Gasteiger partial charge in [0, 0.05) is 25.8 Å². The summed E-state index contributed by atoms with van der Waals surface area (Å²) in [4.78, 5) is 19.8. The van der Waals surface area contributed by atoms with E-state index in [4.69, 9.17) is 4.74 Å². The summed E-state index contributed by atoms with van der Waals surface area (Å²) in [6.45, 7) is 7.66.